The SMILES string of the molecule is COc1ccc(C(c2ccc(C#N)cc2)n2ncnn2)cc1.N#Cc1ccc(C(c2ccc(Cl)cc2)n2ncnn2)cc1.N#Cc1ccc(C(c2cccnc2)n2ncnn2)cc1.N#Cc1ccc(C(c2cccs2)n2ncnn2)cc1.N#Cc1ccc(C(c2ccsc2)n2ncnn2)cc1. The van der Waals surface area contributed by atoms with Crippen LogP contribution < -0.4 is 4.74 Å². The van der Waals surface area contributed by atoms with Gasteiger partial charge in [-0.2, -0.15) is 61.6 Å². The number of ether oxygens (including phenoxy) is 1. The van der Waals surface area contributed by atoms with Crippen LogP contribution >= 0.6 is 34.3 Å². The number of tetrazole rings is 5. The van der Waals surface area contributed by atoms with Crippen molar-refractivity contribution >= 4 is 34.3 Å². The molecule has 101 heavy (non-hydrogen) atoms. The zero-order chi connectivity index (χ0) is 70.0. The topological polar surface area (TPSA) is 359 Å². The Kier molecular flexibility index (Phi) is 23.4. The number of thiophene rings is 2. The van der Waals surface area contributed by atoms with Crippen LogP contribution in [0.1, 0.15) is 113 Å². The standard InChI is InChI=1S/C16H13N5O.C15H10ClN5.C14H10N6.2C13H9N5S/c1-22-15-8-6-14(7-9-15)16(21-19-11-18-20-21)13-4-2-12(10-17)3-5-13;16-14-7-5-13(6-8-14)15(21-19-10-18-20-21)12-3-1-11(9-17)2-4-12;15-8-11-3-5-12(6-4-11)14(20-18-10-17-19-20)13-2-1-7-16-9-13;14-7-10-1-3-11(4-2-10)13(12-5-6-19-8-12)18-16-9-15-17-18;14-8-10-3-5-11(6-4-10)13(12-2-1-7-19-12)18-16-9-15-17-18/h2-9,11,16H,1H3;1-8,10,15H;1-7,9-10,14H;1-6,8-9,13H;1-7,9,13H. The second kappa shape index (κ2) is 34.6. The molecular formula is C71H51ClN26OS2. The first-order valence-electron chi connectivity index (χ1n) is 30.2. The average Bonchev–Trinajstić information content (AvgIpc) is 1.84. The van der Waals surface area contributed by atoms with E-state index in [0.717, 1.165) is 60.7 Å². The summed E-state index contributed by atoms with van der Waals surface area (Å²) in [5.74, 6) is 0.786. The molecule has 8 heterocycles. The maximum Gasteiger partial charge on any atom is 0.162 e. The molecule has 0 fully saturated rings. The van der Waals surface area contributed by atoms with Gasteiger partial charge in [0.15, 0.2) is 31.6 Å². The molecule has 0 N–H and O–H groups in total. The predicted octanol–water partition coefficient (Wildman–Crippen LogP) is 11.1. The van der Waals surface area contributed by atoms with Crippen LogP contribution in [0.2, 0.25) is 5.02 Å². The molecule has 0 aliphatic rings. The molecule has 0 saturated heterocycles. The molecule has 0 bridgehead atoms. The van der Waals surface area contributed by atoms with Crippen molar-refractivity contribution in [2.24, 2.45) is 0 Å². The molecule has 0 saturated carbocycles. The fourth-order valence-electron chi connectivity index (χ4n) is 10.3. The Morgan fingerprint density at radius 3 is 0.970 bits per heavy atom. The summed E-state index contributed by atoms with van der Waals surface area (Å²) in [5, 5.41) is 111. The summed E-state index contributed by atoms with van der Waals surface area (Å²) in [6.07, 6.45) is 10.5. The van der Waals surface area contributed by atoms with E-state index in [9.17, 15) is 0 Å². The molecule has 0 radical (unpaired) electrons. The lowest BCUT2D eigenvalue weighted by molar-refractivity contribution is 0.414. The largest absolute Gasteiger partial charge is 0.497 e. The summed E-state index contributed by atoms with van der Waals surface area (Å²) < 4.78 is 5.19. The molecule has 30 heteroatoms. The monoisotopic (exact) mass is 1380 g/mol. The van der Waals surface area contributed by atoms with Gasteiger partial charge in [0, 0.05) is 27.9 Å². The number of benzene rings is 7. The van der Waals surface area contributed by atoms with E-state index in [1.807, 2.05) is 150 Å². The fraction of sp³-hybridized carbons (Fsp3) is 0.0845. The van der Waals surface area contributed by atoms with E-state index in [-0.39, 0.29) is 30.2 Å². The molecular weight excluding hydrogens is 1330 g/mol. The van der Waals surface area contributed by atoms with Gasteiger partial charge in [0.25, 0.3) is 0 Å². The Balaban J connectivity index is 0.000000127. The maximum atomic E-state index is 8.92. The first-order chi connectivity index (χ1) is 49.7. The number of methoxy groups -OCH3 is 1. The number of nitriles is 5. The first kappa shape index (κ1) is 68.4. The van der Waals surface area contributed by atoms with Crippen molar-refractivity contribution in [1.29, 1.82) is 26.3 Å². The van der Waals surface area contributed by atoms with Crippen molar-refractivity contribution in [2.75, 3.05) is 7.11 Å². The van der Waals surface area contributed by atoms with Gasteiger partial charge >= 0.3 is 0 Å². The number of rotatable bonds is 16. The van der Waals surface area contributed by atoms with Crippen LogP contribution in [0.3, 0.4) is 0 Å². The molecule has 0 spiro atoms. The lowest BCUT2D eigenvalue weighted by Crippen LogP contribution is -2.15. The Morgan fingerprint density at radius 1 is 0.356 bits per heavy atom. The summed E-state index contributed by atoms with van der Waals surface area (Å²) in [5.41, 5.74) is 12.1. The summed E-state index contributed by atoms with van der Waals surface area (Å²) in [6, 6.07) is 71.7. The van der Waals surface area contributed by atoms with Crippen molar-refractivity contribution in [2.45, 2.75) is 30.2 Å². The van der Waals surface area contributed by atoms with Crippen molar-refractivity contribution in [3.8, 4) is 36.1 Å². The van der Waals surface area contributed by atoms with Crippen molar-refractivity contribution in [3.05, 3.63) is 348 Å². The second-order valence-corrected chi connectivity index (χ2v) is 23.3. The van der Waals surface area contributed by atoms with Gasteiger partial charge in [-0.25, -0.2) is 0 Å². The molecule has 15 rings (SSSR count). The fourth-order valence-corrected chi connectivity index (χ4v) is 11.9. The highest BCUT2D eigenvalue weighted by Crippen LogP contribution is 2.32. The van der Waals surface area contributed by atoms with Gasteiger partial charge in [-0.1, -0.05) is 109 Å². The molecule has 5 atom stereocenters. The Bertz CT molecular complexity index is 4950. The molecule has 490 valence electrons. The molecule has 27 nitrogen and oxygen atoms in total. The lowest BCUT2D eigenvalue weighted by atomic mass is 9.98. The number of nitrogens with zero attached hydrogens (tertiary/aromatic N) is 26. The quantitative estimate of drug-likeness (QED) is 0.0867. The molecule has 0 aliphatic carbocycles. The molecule has 8 aromatic heterocycles. The highest BCUT2D eigenvalue weighted by atomic mass is 35.5. The highest BCUT2D eigenvalue weighted by molar-refractivity contribution is 7.10. The molecule has 15 aromatic rings. The number of hydrogen-bond acceptors (Lipinski definition) is 24. The number of pyridine rings is 1. The molecule has 7 aromatic carbocycles. The Hall–Kier alpha value is -14.0. The minimum Gasteiger partial charge on any atom is -0.497 e. The zero-order valence-electron chi connectivity index (χ0n) is 52.9. The second-order valence-electron chi connectivity index (χ2n) is 21.1. The number of aromatic nitrogens is 21. The molecule has 0 aliphatic heterocycles. The summed E-state index contributed by atoms with van der Waals surface area (Å²) >= 11 is 9.21. The van der Waals surface area contributed by atoms with Crippen LogP contribution in [0.25, 0.3) is 0 Å². The van der Waals surface area contributed by atoms with E-state index in [2.05, 4.69) is 118 Å². The van der Waals surface area contributed by atoms with Gasteiger partial charge in [-0.3, -0.25) is 4.98 Å². The van der Waals surface area contributed by atoms with Crippen molar-refractivity contribution in [1.82, 2.24) is 106 Å². The van der Waals surface area contributed by atoms with Crippen LogP contribution in [0.15, 0.2) is 260 Å². The van der Waals surface area contributed by atoms with Crippen LogP contribution in [0, 0.1) is 56.7 Å². The predicted molar refractivity (Wildman–Crippen MR) is 368 cm³/mol. The van der Waals surface area contributed by atoms with E-state index in [4.69, 9.17) is 42.6 Å². The minimum atomic E-state index is -0.211. The average molecular weight is 1380 g/mol. The van der Waals surface area contributed by atoms with Crippen molar-refractivity contribution in [3.63, 3.8) is 0 Å². The minimum absolute atomic E-state index is 0.102. The Labute approximate surface area is 589 Å². The van der Waals surface area contributed by atoms with Gasteiger partial charge < -0.3 is 4.74 Å². The van der Waals surface area contributed by atoms with E-state index < -0.39 is 0 Å². The third-order valence-electron chi connectivity index (χ3n) is 15.0. The van der Waals surface area contributed by atoms with Gasteiger partial charge in [-0.05, 0) is 190 Å². The first-order valence-corrected chi connectivity index (χ1v) is 32.4. The van der Waals surface area contributed by atoms with Gasteiger partial charge in [0.1, 0.15) is 36.0 Å². The van der Waals surface area contributed by atoms with Crippen molar-refractivity contribution < 1.29 is 4.74 Å². The van der Waals surface area contributed by atoms with Gasteiger partial charge in [0.2, 0.25) is 0 Å². The summed E-state index contributed by atoms with van der Waals surface area (Å²) in [4.78, 5) is 13.0. The normalized spacial score (nSPS) is 11.8. The highest BCUT2D eigenvalue weighted by Gasteiger charge is 2.24. The summed E-state index contributed by atoms with van der Waals surface area (Å²) in [7, 11) is 1.63. The molecule has 5 unspecified atom stereocenters. The van der Waals surface area contributed by atoms with Crippen LogP contribution in [-0.4, -0.2) is 113 Å². The van der Waals surface area contributed by atoms with E-state index in [0.29, 0.717) is 32.8 Å². The van der Waals surface area contributed by atoms with Gasteiger partial charge in [-0.15, -0.1) is 62.3 Å². The van der Waals surface area contributed by atoms with E-state index >= 15 is 0 Å². The van der Waals surface area contributed by atoms with E-state index in [1.165, 1.54) is 41.2 Å². The van der Waals surface area contributed by atoms with Crippen LogP contribution in [-0.2, 0) is 0 Å². The van der Waals surface area contributed by atoms with Crippen LogP contribution in [0.5, 0.6) is 5.75 Å². The lowest BCUT2D eigenvalue weighted by Gasteiger charge is -2.17. The number of halogens is 1. The third kappa shape index (κ3) is 17.7. The summed E-state index contributed by atoms with van der Waals surface area (Å²) in [6.45, 7) is 0. The Morgan fingerprint density at radius 2 is 0.683 bits per heavy atom. The van der Waals surface area contributed by atoms with Crippen LogP contribution in [0.4, 0.5) is 0 Å². The molecule has 0 amide bonds. The van der Waals surface area contributed by atoms with Gasteiger partial charge in [0.05, 0.1) is 65.3 Å². The third-order valence-corrected chi connectivity index (χ3v) is 16.9. The smallest absolute Gasteiger partial charge is 0.162 e. The maximum absolute atomic E-state index is 8.92. The zero-order valence-corrected chi connectivity index (χ0v) is 55.3. The number of hydrogen-bond donors (Lipinski definition) is 0. The van der Waals surface area contributed by atoms with E-state index in [1.54, 1.807) is 117 Å².